The number of ketones is 1. The number of Topliss-reactive ketones (excluding diaryl/α,β-unsaturated/α-hetero) is 1. The third-order valence-electron chi connectivity index (χ3n) is 3.04. The van der Waals surface area contributed by atoms with Gasteiger partial charge in [-0.15, -0.1) is 0 Å². The minimum atomic E-state index is 0.249. The third kappa shape index (κ3) is 2.86. The van der Waals surface area contributed by atoms with Gasteiger partial charge in [-0.05, 0) is 33.0 Å². The van der Waals surface area contributed by atoms with Gasteiger partial charge in [-0.1, -0.05) is 12.1 Å². The first-order valence-corrected chi connectivity index (χ1v) is 6.11. The highest BCUT2D eigenvalue weighted by atomic mass is 16.5. The zero-order chi connectivity index (χ0) is 12.3. The summed E-state index contributed by atoms with van der Waals surface area (Å²) in [5.41, 5.74) is 1.96. The molecule has 0 unspecified atom stereocenters. The Labute approximate surface area is 102 Å². The molecule has 1 aliphatic rings. The SMILES string of the molecule is CN(C)CCCOc1cccc2c1CCC2=O. The number of hydrogen-bond acceptors (Lipinski definition) is 3. The van der Waals surface area contributed by atoms with Crippen LogP contribution in [0.4, 0.5) is 0 Å². The number of carbonyl (C=O) groups is 1. The Bertz CT molecular complexity index is 413. The van der Waals surface area contributed by atoms with Crippen LogP contribution in [0.1, 0.15) is 28.8 Å². The lowest BCUT2D eigenvalue weighted by Crippen LogP contribution is -2.15. The van der Waals surface area contributed by atoms with Crippen LogP contribution in [0.15, 0.2) is 18.2 Å². The maximum Gasteiger partial charge on any atom is 0.163 e. The van der Waals surface area contributed by atoms with Crippen molar-refractivity contribution in [2.24, 2.45) is 0 Å². The Kier molecular flexibility index (Phi) is 3.79. The minimum Gasteiger partial charge on any atom is -0.493 e. The summed E-state index contributed by atoms with van der Waals surface area (Å²) in [7, 11) is 4.11. The zero-order valence-corrected chi connectivity index (χ0v) is 10.5. The number of hydrogen-bond donors (Lipinski definition) is 0. The first kappa shape index (κ1) is 12.1. The summed E-state index contributed by atoms with van der Waals surface area (Å²) in [6, 6.07) is 5.77. The van der Waals surface area contributed by atoms with Crippen molar-refractivity contribution in [3.8, 4) is 5.75 Å². The first-order chi connectivity index (χ1) is 8.18. The van der Waals surface area contributed by atoms with Crippen LogP contribution < -0.4 is 4.74 Å². The van der Waals surface area contributed by atoms with Crippen molar-refractivity contribution in [1.82, 2.24) is 4.90 Å². The number of ether oxygens (including phenoxy) is 1. The van der Waals surface area contributed by atoms with Crippen LogP contribution in [0, 0.1) is 0 Å². The first-order valence-electron chi connectivity index (χ1n) is 6.11. The summed E-state index contributed by atoms with van der Waals surface area (Å²) < 4.78 is 5.77. The van der Waals surface area contributed by atoms with E-state index >= 15 is 0 Å². The fourth-order valence-corrected chi connectivity index (χ4v) is 2.16. The molecule has 0 saturated heterocycles. The van der Waals surface area contributed by atoms with Crippen LogP contribution >= 0.6 is 0 Å². The molecule has 1 aromatic rings. The van der Waals surface area contributed by atoms with Gasteiger partial charge in [0.05, 0.1) is 6.61 Å². The number of fused-ring (bicyclic) bond motifs is 1. The van der Waals surface area contributed by atoms with Gasteiger partial charge < -0.3 is 9.64 Å². The van der Waals surface area contributed by atoms with E-state index in [1.807, 2.05) is 18.2 Å². The van der Waals surface area contributed by atoms with Gasteiger partial charge in [-0.3, -0.25) is 4.79 Å². The van der Waals surface area contributed by atoms with Gasteiger partial charge in [0.2, 0.25) is 0 Å². The van der Waals surface area contributed by atoms with Crippen molar-refractivity contribution in [2.45, 2.75) is 19.3 Å². The summed E-state index contributed by atoms with van der Waals surface area (Å²) in [6.45, 7) is 1.73. The number of nitrogens with zero attached hydrogens (tertiary/aromatic N) is 1. The largest absolute Gasteiger partial charge is 0.493 e. The fraction of sp³-hybridized carbons (Fsp3) is 0.500. The lowest BCUT2D eigenvalue weighted by molar-refractivity contribution is 0.0994. The van der Waals surface area contributed by atoms with Gasteiger partial charge in [0.25, 0.3) is 0 Å². The van der Waals surface area contributed by atoms with E-state index in [1.165, 1.54) is 0 Å². The van der Waals surface area contributed by atoms with Crippen molar-refractivity contribution < 1.29 is 9.53 Å². The molecule has 92 valence electrons. The van der Waals surface area contributed by atoms with Crippen molar-refractivity contribution >= 4 is 5.78 Å². The molecule has 3 heteroatoms. The molecular formula is C14H19NO2. The quantitative estimate of drug-likeness (QED) is 0.730. The van der Waals surface area contributed by atoms with E-state index in [0.29, 0.717) is 13.0 Å². The van der Waals surface area contributed by atoms with E-state index in [9.17, 15) is 4.79 Å². The summed E-state index contributed by atoms with van der Waals surface area (Å²) in [5.74, 6) is 1.14. The lowest BCUT2D eigenvalue weighted by atomic mass is 10.1. The normalized spacial score (nSPS) is 14.2. The van der Waals surface area contributed by atoms with E-state index in [0.717, 1.165) is 36.3 Å². The molecule has 0 heterocycles. The van der Waals surface area contributed by atoms with E-state index in [2.05, 4.69) is 19.0 Å². The van der Waals surface area contributed by atoms with Crippen molar-refractivity contribution in [3.63, 3.8) is 0 Å². The summed E-state index contributed by atoms with van der Waals surface area (Å²) in [4.78, 5) is 13.7. The third-order valence-corrected chi connectivity index (χ3v) is 3.04. The molecule has 0 atom stereocenters. The Hall–Kier alpha value is -1.35. The monoisotopic (exact) mass is 233 g/mol. The molecule has 0 bridgehead atoms. The lowest BCUT2D eigenvalue weighted by Gasteiger charge is -2.12. The van der Waals surface area contributed by atoms with E-state index in [4.69, 9.17) is 4.74 Å². The molecule has 0 aromatic heterocycles. The Balaban J connectivity index is 1.96. The topological polar surface area (TPSA) is 29.5 Å². The molecule has 0 saturated carbocycles. The summed E-state index contributed by atoms with van der Waals surface area (Å²) >= 11 is 0. The predicted octanol–water partition coefficient (Wildman–Crippen LogP) is 2.15. The molecule has 0 radical (unpaired) electrons. The molecule has 0 spiro atoms. The molecule has 1 aliphatic carbocycles. The fourth-order valence-electron chi connectivity index (χ4n) is 2.16. The number of carbonyl (C=O) groups excluding carboxylic acids is 1. The molecule has 3 nitrogen and oxygen atoms in total. The highest BCUT2D eigenvalue weighted by Gasteiger charge is 2.22. The Morgan fingerprint density at radius 2 is 2.12 bits per heavy atom. The van der Waals surface area contributed by atoms with Gasteiger partial charge in [-0.2, -0.15) is 0 Å². The molecular weight excluding hydrogens is 214 g/mol. The highest BCUT2D eigenvalue weighted by molar-refractivity contribution is 6.01. The van der Waals surface area contributed by atoms with E-state index < -0.39 is 0 Å². The molecule has 0 amide bonds. The van der Waals surface area contributed by atoms with Crippen molar-refractivity contribution in [3.05, 3.63) is 29.3 Å². The highest BCUT2D eigenvalue weighted by Crippen LogP contribution is 2.30. The maximum absolute atomic E-state index is 11.6. The molecule has 1 aromatic carbocycles. The van der Waals surface area contributed by atoms with Gasteiger partial charge >= 0.3 is 0 Å². The second-order valence-corrected chi connectivity index (χ2v) is 4.71. The molecule has 0 aliphatic heterocycles. The molecule has 0 fully saturated rings. The van der Waals surface area contributed by atoms with Gasteiger partial charge in [0.1, 0.15) is 5.75 Å². The van der Waals surface area contributed by atoms with Crippen LogP contribution in [-0.4, -0.2) is 37.9 Å². The van der Waals surface area contributed by atoms with Crippen molar-refractivity contribution in [2.75, 3.05) is 27.2 Å². The van der Waals surface area contributed by atoms with Crippen LogP contribution in [0.3, 0.4) is 0 Å². The van der Waals surface area contributed by atoms with E-state index in [-0.39, 0.29) is 5.78 Å². The molecule has 2 rings (SSSR count). The van der Waals surface area contributed by atoms with Gasteiger partial charge in [0.15, 0.2) is 5.78 Å². The van der Waals surface area contributed by atoms with Crippen LogP contribution in [0.25, 0.3) is 0 Å². The van der Waals surface area contributed by atoms with Crippen molar-refractivity contribution in [1.29, 1.82) is 0 Å². The Morgan fingerprint density at radius 3 is 2.88 bits per heavy atom. The second kappa shape index (κ2) is 5.32. The Morgan fingerprint density at radius 1 is 1.29 bits per heavy atom. The van der Waals surface area contributed by atoms with Crippen LogP contribution in [-0.2, 0) is 6.42 Å². The summed E-state index contributed by atoms with van der Waals surface area (Å²) in [6.07, 6.45) is 2.47. The van der Waals surface area contributed by atoms with Crippen LogP contribution in [0.5, 0.6) is 5.75 Å². The average Bonchev–Trinajstić information content (AvgIpc) is 2.67. The number of benzene rings is 1. The minimum absolute atomic E-state index is 0.249. The maximum atomic E-state index is 11.6. The number of rotatable bonds is 5. The second-order valence-electron chi connectivity index (χ2n) is 4.71. The van der Waals surface area contributed by atoms with Gasteiger partial charge in [0, 0.05) is 24.1 Å². The van der Waals surface area contributed by atoms with Crippen LogP contribution in [0.2, 0.25) is 0 Å². The van der Waals surface area contributed by atoms with E-state index in [1.54, 1.807) is 0 Å². The average molecular weight is 233 g/mol. The molecule has 17 heavy (non-hydrogen) atoms. The summed E-state index contributed by atoms with van der Waals surface area (Å²) in [5, 5.41) is 0. The smallest absolute Gasteiger partial charge is 0.163 e. The zero-order valence-electron chi connectivity index (χ0n) is 10.5. The predicted molar refractivity (Wildman–Crippen MR) is 67.8 cm³/mol. The van der Waals surface area contributed by atoms with Gasteiger partial charge in [-0.25, -0.2) is 0 Å². The molecule has 0 N–H and O–H groups in total. The standard InChI is InChI=1S/C14H19NO2/c1-15(2)9-4-10-17-14-6-3-5-11-12(14)7-8-13(11)16/h3,5-6H,4,7-10H2,1-2H3.